The molecule has 0 heterocycles. The second-order valence-electron chi connectivity index (χ2n) is 3.97. The lowest BCUT2D eigenvalue weighted by atomic mass is 10.2. The third-order valence-electron chi connectivity index (χ3n) is 2.51. The number of rotatable bonds is 2. The number of thiocarbonyl (C=S) groups is 1. The standard InChI is InChI=1S/C14H12N2O3S/c17-10-7-5-9(6-8-10)13(19)16-14(20)15-11-3-1-2-4-12(11)18/h1-8,17-18H,(H2,15,16,19,20). The van der Waals surface area contributed by atoms with Gasteiger partial charge < -0.3 is 15.5 Å². The van der Waals surface area contributed by atoms with E-state index in [0.29, 0.717) is 11.3 Å². The highest BCUT2D eigenvalue weighted by Gasteiger charge is 2.09. The fraction of sp³-hybridized carbons (Fsp3) is 0. The Hall–Kier alpha value is -2.60. The molecule has 0 atom stereocenters. The van der Waals surface area contributed by atoms with Gasteiger partial charge in [0, 0.05) is 5.56 Å². The van der Waals surface area contributed by atoms with Crippen LogP contribution in [0, 0.1) is 0 Å². The molecule has 0 aliphatic carbocycles. The van der Waals surface area contributed by atoms with Crippen LogP contribution in [0.1, 0.15) is 10.4 Å². The van der Waals surface area contributed by atoms with Crippen molar-refractivity contribution >= 4 is 28.9 Å². The summed E-state index contributed by atoms with van der Waals surface area (Å²) in [5.74, 6) is -0.289. The van der Waals surface area contributed by atoms with Gasteiger partial charge in [-0.15, -0.1) is 0 Å². The Kier molecular flexibility index (Phi) is 4.17. The molecule has 0 fully saturated rings. The first-order valence-electron chi connectivity index (χ1n) is 5.75. The van der Waals surface area contributed by atoms with Gasteiger partial charge in [-0.25, -0.2) is 0 Å². The van der Waals surface area contributed by atoms with Crippen LogP contribution in [0.25, 0.3) is 0 Å². The number of aromatic hydroxyl groups is 2. The third kappa shape index (κ3) is 3.46. The van der Waals surface area contributed by atoms with E-state index < -0.39 is 5.91 Å². The summed E-state index contributed by atoms with van der Waals surface area (Å²) in [5, 5.41) is 24.0. The molecule has 4 N–H and O–H groups in total. The first kappa shape index (κ1) is 13.8. The molecule has 2 aromatic carbocycles. The molecule has 0 spiro atoms. The molecule has 20 heavy (non-hydrogen) atoms. The van der Waals surface area contributed by atoms with Gasteiger partial charge in [0.05, 0.1) is 5.69 Å². The highest BCUT2D eigenvalue weighted by atomic mass is 32.1. The molecule has 2 aromatic rings. The van der Waals surface area contributed by atoms with E-state index in [0.717, 1.165) is 0 Å². The van der Waals surface area contributed by atoms with Crippen molar-refractivity contribution in [3.05, 3.63) is 54.1 Å². The van der Waals surface area contributed by atoms with E-state index in [2.05, 4.69) is 10.6 Å². The fourth-order valence-corrected chi connectivity index (χ4v) is 1.72. The SMILES string of the molecule is O=C(NC(=S)Nc1ccccc1O)c1ccc(O)cc1. The first-order chi connectivity index (χ1) is 9.56. The second kappa shape index (κ2) is 6.03. The predicted octanol–water partition coefficient (Wildman–Crippen LogP) is 2.22. The number of benzene rings is 2. The van der Waals surface area contributed by atoms with Crippen LogP contribution in [0.2, 0.25) is 0 Å². The summed E-state index contributed by atoms with van der Waals surface area (Å²) in [6.45, 7) is 0. The molecule has 0 saturated heterocycles. The molecule has 2 rings (SSSR count). The van der Waals surface area contributed by atoms with Crippen molar-refractivity contribution < 1.29 is 15.0 Å². The number of hydrogen-bond acceptors (Lipinski definition) is 4. The minimum atomic E-state index is -0.405. The molecule has 0 saturated carbocycles. The molecular weight excluding hydrogens is 276 g/mol. The van der Waals surface area contributed by atoms with Crippen LogP contribution in [-0.2, 0) is 0 Å². The number of amides is 1. The van der Waals surface area contributed by atoms with E-state index >= 15 is 0 Å². The lowest BCUT2D eigenvalue weighted by molar-refractivity contribution is 0.0977. The van der Waals surface area contributed by atoms with E-state index in [1.54, 1.807) is 18.2 Å². The monoisotopic (exact) mass is 288 g/mol. The molecule has 102 valence electrons. The van der Waals surface area contributed by atoms with Crippen molar-refractivity contribution in [1.29, 1.82) is 0 Å². The minimum absolute atomic E-state index is 0.0359. The van der Waals surface area contributed by atoms with Gasteiger partial charge in [-0.05, 0) is 48.6 Å². The van der Waals surface area contributed by atoms with Crippen LogP contribution >= 0.6 is 12.2 Å². The average Bonchev–Trinajstić information content (AvgIpc) is 2.42. The van der Waals surface area contributed by atoms with Crippen molar-refractivity contribution in [3.8, 4) is 11.5 Å². The maximum absolute atomic E-state index is 11.9. The van der Waals surface area contributed by atoms with Gasteiger partial charge in [0.2, 0.25) is 0 Å². The quantitative estimate of drug-likeness (QED) is 0.503. The number of hydrogen-bond donors (Lipinski definition) is 4. The molecule has 0 radical (unpaired) electrons. The highest BCUT2D eigenvalue weighted by molar-refractivity contribution is 7.80. The maximum Gasteiger partial charge on any atom is 0.257 e. The van der Waals surface area contributed by atoms with Crippen LogP contribution in [0.15, 0.2) is 48.5 Å². The number of para-hydroxylation sites is 2. The minimum Gasteiger partial charge on any atom is -0.508 e. The highest BCUT2D eigenvalue weighted by Crippen LogP contribution is 2.21. The van der Waals surface area contributed by atoms with E-state index in [-0.39, 0.29) is 16.6 Å². The molecule has 5 nitrogen and oxygen atoms in total. The first-order valence-corrected chi connectivity index (χ1v) is 6.16. The zero-order chi connectivity index (χ0) is 14.5. The van der Waals surface area contributed by atoms with E-state index in [1.165, 1.54) is 30.3 Å². The molecule has 0 aliphatic heterocycles. The average molecular weight is 288 g/mol. The van der Waals surface area contributed by atoms with Crippen LogP contribution in [-0.4, -0.2) is 21.2 Å². The van der Waals surface area contributed by atoms with Gasteiger partial charge >= 0.3 is 0 Å². The van der Waals surface area contributed by atoms with Crippen molar-refractivity contribution in [3.63, 3.8) is 0 Å². The number of nitrogens with one attached hydrogen (secondary N) is 2. The van der Waals surface area contributed by atoms with Crippen molar-refractivity contribution in [2.45, 2.75) is 0 Å². The number of phenolic OH excluding ortho intramolecular Hbond substituents is 2. The van der Waals surface area contributed by atoms with E-state index in [9.17, 15) is 9.90 Å². The summed E-state index contributed by atoms with van der Waals surface area (Å²) >= 11 is 4.99. The van der Waals surface area contributed by atoms with Crippen LogP contribution in [0.3, 0.4) is 0 Å². The van der Waals surface area contributed by atoms with Gasteiger partial charge in [-0.1, -0.05) is 12.1 Å². The fourth-order valence-electron chi connectivity index (χ4n) is 1.52. The number of phenols is 2. The molecule has 1 amide bonds. The Morgan fingerprint density at radius 2 is 1.65 bits per heavy atom. The summed E-state index contributed by atoms with van der Waals surface area (Å²) in [7, 11) is 0. The van der Waals surface area contributed by atoms with Crippen molar-refractivity contribution in [2.24, 2.45) is 0 Å². The largest absolute Gasteiger partial charge is 0.508 e. The number of carbonyl (C=O) groups excluding carboxylic acids is 1. The molecular formula is C14H12N2O3S. The molecule has 0 unspecified atom stereocenters. The second-order valence-corrected chi connectivity index (χ2v) is 4.38. The van der Waals surface area contributed by atoms with Gasteiger partial charge in [-0.3, -0.25) is 10.1 Å². The summed E-state index contributed by atoms with van der Waals surface area (Å²) in [5.41, 5.74) is 0.771. The summed E-state index contributed by atoms with van der Waals surface area (Å²) in [6, 6.07) is 12.3. The Bertz CT molecular complexity index is 641. The summed E-state index contributed by atoms with van der Waals surface area (Å²) in [4.78, 5) is 11.9. The Labute approximate surface area is 120 Å². The number of carbonyl (C=O) groups is 1. The normalized spacial score (nSPS) is 9.80. The Morgan fingerprint density at radius 1 is 1.00 bits per heavy atom. The molecule has 0 aliphatic rings. The summed E-state index contributed by atoms with van der Waals surface area (Å²) < 4.78 is 0. The van der Waals surface area contributed by atoms with Gasteiger partial charge in [0.1, 0.15) is 11.5 Å². The molecule has 6 heteroatoms. The third-order valence-corrected chi connectivity index (χ3v) is 2.71. The zero-order valence-corrected chi connectivity index (χ0v) is 11.1. The predicted molar refractivity (Wildman–Crippen MR) is 79.9 cm³/mol. The van der Waals surface area contributed by atoms with Crippen LogP contribution in [0.4, 0.5) is 5.69 Å². The van der Waals surface area contributed by atoms with Gasteiger partial charge in [-0.2, -0.15) is 0 Å². The van der Waals surface area contributed by atoms with Gasteiger partial charge in [0.25, 0.3) is 5.91 Å². The van der Waals surface area contributed by atoms with Crippen LogP contribution < -0.4 is 10.6 Å². The van der Waals surface area contributed by atoms with E-state index in [1.807, 2.05) is 0 Å². The Morgan fingerprint density at radius 3 is 2.30 bits per heavy atom. The topological polar surface area (TPSA) is 81.6 Å². The lowest BCUT2D eigenvalue weighted by Crippen LogP contribution is -2.34. The van der Waals surface area contributed by atoms with Crippen molar-refractivity contribution in [2.75, 3.05) is 5.32 Å². The number of anilines is 1. The molecule has 0 bridgehead atoms. The van der Waals surface area contributed by atoms with Crippen molar-refractivity contribution in [1.82, 2.24) is 5.32 Å². The van der Waals surface area contributed by atoms with Gasteiger partial charge in [0.15, 0.2) is 5.11 Å². The lowest BCUT2D eigenvalue weighted by Gasteiger charge is -2.10. The van der Waals surface area contributed by atoms with E-state index in [4.69, 9.17) is 17.3 Å². The zero-order valence-electron chi connectivity index (χ0n) is 10.3. The van der Waals surface area contributed by atoms with Crippen LogP contribution in [0.5, 0.6) is 11.5 Å². The summed E-state index contributed by atoms with van der Waals surface area (Å²) in [6.07, 6.45) is 0. The smallest absolute Gasteiger partial charge is 0.257 e. The Balaban J connectivity index is 2.00. The maximum atomic E-state index is 11.9. The molecule has 0 aromatic heterocycles.